The molecule has 71 heavy (non-hydrogen) atoms. The summed E-state index contributed by atoms with van der Waals surface area (Å²) in [6, 6.07) is 16.1. The average Bonchev–Trinajstić information content (AvgIpc) is 3.70. The number of aromatic nitrogens is 2. The molecule has 7 rings (SSSR count). The van der Waals surface area contributed by atoms with Gasteiger partial charge in [-0.3, -0.25) is 24.7 Å². The Bertz CT molecular complexity index is 2910. The number of anilines is 1. The Balaban J connectivity index is 0.935. The molecule has 0 aliphatic carbocycles. The van der Waals surface area contributed by atoms with Crippen molar-refractivity contribution in [3.63, 3.8) is 0 Å². The molecule has 0 radical (unpaired) electrons. The van der Waals surface area contributed by atoms with E-state index in [0.29, 0.717) is 71.9 Å². The Morgan fingerprint density at radius 2 is 1.66 bits per heavy atom. The fraction of sp³-hybridized carbons (Fsp3) is 0.415. The van der Waals surface area contributed by atoms with Gasteiger partial charge in [-0.05, 0) is 104 Å². The number of hydrogen-bond acceptors (Lipinski definition) is 14. The van der Waals surface area contributed by atoms with Gasteiger partial charge < -0.3 is 44.5 Å². The zero-order valence-corrected chi connectivity index (χ0v) is 41.5. The van der Waals surface area contributed by atoms with Gasteiger partial charge in [0.25, 0.3) is 12.0 Å². The highest BCUT2D eigenvalue weighted by Gasteiger charge is 2.38. The van der Waals surface area contributed by atoms with Crippen molar-refractivity contribution in [2.24, 2.45) is 5.73 Å². The molecule has 3 amide bonds. The number of amidine groups is 1. The number of aromatic hydroxyl groups is 2. The minimum absolute atomic E-state index is 0.0771. The Morgan fingerprint density at radius 3 is 2.30 bits per heavy atom. The van der Waals surface area contributed by atoms with Crippen LogP contribution in [-0.4, -0.2) is 111 Å². The molecule has 1 saturated heterocycles. The lowest BCUT2D eigenvalue weighted by Crippen LogP contribution is -2.46. The van der Waals surface area contributed by atoms with E-state index in [1.165, 1.54) is 19.1 Å². The molecule has 18 heteroatoms. The summed E-state index contributed by atoms with van der Waals surface area (Å²) in [4.78, 5) is 76.2. The van der Waals surface area contributed by atoms with Crippen molar-refractivity contribution in [2.75, 3.05) is 51.2 Å². The summed E-state index contributed by atoms with van der Waals surface area (Å²) in [6.45, 7) is 16.4. The molecule has 2 aliphatic rings. The molecule has 0 spiro atoms. The van der Waals surface area contributed by atoms with Crippen LogP contribution in [0.15, 0.2) is 65.5 Å². The van der Waals surface area contributed by atoms with Gasteiger partial charge in [-0.1, -0.05) is 39.8 Å². The van der Waals surface area contributed by atoms with E-state index in [9.17, 15) is 34.2 Å². The van der Waals surface area contributed by atoms with Gasteiger partial charge in [-0.15, -0.1) is 0 Å². The fourth-order valence-electron chi connectivity index (χ4n) is 9.57. The Labute approximate surface area is 413 Å². The maximum atomic E-state index is 14.3. The molecule has 18 nitrogen and oxygen atoms in total. The fourth-order valence-corrected chi connectivity index (χ4v) is 9.57. The number of carbonyl (C=O) groups is 4. The normalized spacial score (nSPS) is 14.4. The van der Waals surface area contributed by atoms with Crippen LogP contribution in [0.4, 0.5) is 15.3 Å². The van der Waals surface area contributed by atoms with Gasteiger partial charge in [0.05, 0.1) is 40.3 Å². The third-order valence-electron chi connectivity index (χ3n) is 13.7. The van der Waals surface area contributed by atoms with Crippen LogP contribution >= 0.6 is 0 Å². The molecule has 5 aromatic rings. The van der Waals surface area contributed by atoms with Gasteiger partial charge in [0.2, 0.25) is 0 Å². The highest BCUT2D eigenvalue weighted by atomic mass is 16.6. The SMILES string of the molecule is CCc1c2c(nc3ccc(OC(C)=O)cc13)-c1cc(C(C)(CC)OC(=O)N(C)CCCCN3CCN(Cc4ccc(N(C(=N)c5cc(C(C)C)c(O)cc5O)C(N)=O)cc4)CC3)c(COC=O)c(=O)n1C2. The van der Waals surface area contributed by atoms with Crippen LogP contribution in [-0.2, 0) is 50.8 Å². The lowest BCUT2D eigenvalue weighted by Gasteiger charge is -2.35. The van der Waals surface area contributed by atoms with E-state index in [0.717, 1.165) is 72.5 Å². The van der Waals surface area contributed by atoms with Crippen molar-refractivity contribution in [1.82, 2.24) is 24.3 Å². The zero-order chi connectivity index (χ0) is 51.3. The molecule has 0 bridgehead atoms. The van der Waals surface area contributed by atoms with Crippen molar-refractivity contribution in [2.45, 2.75) is 98.4 Å². The number of benzene rings is 3. The predicted octanol–water partition coefficient (Wildman–Crippen LogP) is 7.32. The highest BCUT2D eigenvalue weighted by molar-refractivity contribution is 6.22. The Morgan fingerprint density at radius 1 is 0.958 bits per heavy atom. The second kappa shape index (κ2) is 21.8. The van der Waals surface area contributed by atoms with Gasteiger partial charge in [-0.25, -0.2) is 19.5 Å². The number of nitrogens with two attached hydrogens (primary N) is 1. The summed E-state index contributed by atoms with van der Waals surface area (Å²) in [5.41, 5.74) is 10.5. The van der Waals surface area contributed by atoms with Gasteiger partial charge in [-0.2, -0.15) is 0 Å². The number of pyridine rings is 2. The molecule has 5 N–H and O–H groups in total. The second-order valence-corrected chi connectivity index (χ2v) is 18.7. The third kappa shape index (κ3) is 11.0. The van der Waals surface area contributed by atoms with E-state index in [4.69, 9.17) is 30.3 Å². The summed E-state index contributed by atoms with van der Waals surface area (Å²) in [5.74, 6) is -0.846. The van der Waals surface area contributed by atoms with E-state index < -0.39 is 23.7 Å². The number of carbonyl (C=O) groups excluding carboxylic acids is 4. The minimum Gasteiger partial charge on any atom is -0.508 e. The van der Waals surface area contributed by atoms with Gasteiger partial charge >= 0.3 is 18.1 Å². The summed E-state index contributed by atoms with van der Waals surface area (Å²) in [6.07, 6.45) is 2.00. The van der Waals surface area contributed by atoms with Crippen molar-refractivity contribution >= 4 is 47.0 Å². The maximum absolute atomic E-state index is 14.3. The Hall–Kier alpha value is -7.31. The smallest absolute Gasteiger partial charge is 0.410 e. The molecule has 376 valence electrons. The van der Waals surface area contributed by atoms with E-state index in [1.807, 2.05) is 45.9 Å². The highest BCUT2D eigenvalue weighted by Crippen LogP contribution is 2.41. The van der Waals surface area contributed by atoms with Crippen LogP contribution < -0.4 is 20.9 Å². The number of nitrogens with zero attached hydrogens (tertiary/aromatic N) is 6. The average molecular weight is 973 g/mol. The van der Waals surface area contributed by atoms with Crippen LogP contribution in [0.25, 0.3) is 22.3 Å². The number of rotatable bonds is 18. The van der Waals surface area contributed by atoms with Crippen molar-refractivity contribution in [3.8, 4) is 28.6 Å². The molecule has 4 heterocycles. The van der Waals surface area contributed by atoms with Crippen molar-refractivity contribution < 1.29 is 43.6 Å². The van der Waals surface area contributed by atoms with Crippen molar-refractivity contribution in [3.05, 3.63) is 110 Å². The topological polar surface area (TPSA) is 234 Å². The first-order valence-electron chi connectivity index (χ1n) is 24.1. The number of amides is 3. The number of ether oxygens (including phenoxy) is 3. The third-order valence-corrected chi connectivity index (χ3v) is 13.7. The quantitative estimate of drug-likeness (QED) is 0.0165. The molecule has 0 saturated carbocycles. The van der Waals surface area contributed by atoms with Crippen LogP contribution in [0.5, 0.6) is 17.2 Å². The lowest BCUT2D eigenvalue weighted by atomic mass is 9.89. The predicted molar refractivity (Wildman–Crippen MR) is 269 cm³/mol. The molecule has 2 aromatic heterocycles. The number of esters is 1. The minimum atomic E-state index is -1.26. The Kier molecular flexibility index (Phi) is 15.8. The zero-order valence-electron chi connectivity index (χ0n) is 41.5. The number of urea groups is 1. The number of fused-ring (bicyclic) bond motifs is 4. The van der Waals surface area contributed by atoms with Gasteiger partial charge in [0, 0.05) is 75.8 Å². The first-order chi connectivity index (χ1) is 33.9. The first kappa shape index (κ1) is 51.5. The lowest BCUT2D eigenvalue weighted by molar-refractivity contribution is -0.132. The number of phenolic OH excluding ortho intramolecular Hbond substituents is 2. The largest absolute Gasteiger partial charge is 0.508 e. The number of aryl methyl sites for hydroxylation is 1. The standard InChI is InChI=1S/C53H64N8O10/c1-8-37-39-24-36(70-33(5)63)16-17-44(39)56-48-41(37)29-60-45(48)26-43(42(50(60)66)30-69-31-62)53(6,9-2)71-52(68)57(7)18-10-11-19-58-20-22-59(23-21-58)28-34-12-14-35(15-13-34)61(51(55)67)49(54)40-25-38(32(3)4)46(64)27-47(40)65/h12-17,24-27,31-32,54,64-65H,8-11,18-23,28-30H2,1-7H3,(H2,55,67). The van der Waals surface area contributed by atoms with Crippen LogP contribution in [0, 0.1) is 5.41 Å². The van der Waals surface area contributed by atoms with Crippen LogP contribution in [0.3, 0.4) is 0 Å². The summed E-state index contributed by atoms with van der Waals surface area (Å²) < 4.78 is 18.4. The molecule has 2 aliphatic heterocycles. The number of phenols is 2. The van der Waals surface area contributed by atoms with Crippen LogP contribution in [0.2, 0.25) is 0 Å². The molecular formula is C53H64N8O10. The second-order valence-electron chi connectivity index (χ2n) is 18.7. The molecule has 1 atom stereocenters. The first-order valence-corrected chi connectivity index (χ1v) is 24.1. The molecule has 1 unspecified atom stereocenters. The number of piperazine rings is 1. The van der Waals surface area contributed by atoms with Gasteiger partial charge in [0.15, 0.2) is 0 Å². The van der Waals surface area contributed by atoms with Crippen LogP contribution in [0.1, 0.15) is 106 Å². The van der Waals surface area contributed by atoms with Gasteiger partial charge in [0.1, 0.15) is 35.3 Å². The molecule has 3 aromatic carbocycles. The van der Waals surface area contributed by atoms with Crippen molar-refractivity contribution in [1.29, 1.82) is 5.41 Å². The van der Waals surface area contributed by atoms with E-state index in [2.05, 4.69) is 9.80 Å². The number of unbranched alkanes of at least 4 members (excludes halogenated alkanes) is 1. The maximum Gasteiger partial charge on any atom is 0.410 e. The number of nitrogens with one attached hydrogen (secondary N) is 1. The molecule has 1 fully saturated rings. The number of hydrogen-bond donors (Lipinski definition) is 4. The molecular weight excluding hydrogens is 909 g/mol. The van der Waals surface area contributed by atoms with E-state index in [1.54, 1.807) is 53.8 Å². The summed E-state index contributed by atoms with van der Waals surface area (Å²) in [5, 5.41) is 30.4. The van der Waals surface area contributed by atoms with E-state index >= 15 is 0 Å². The number of primary amides is 1. The van der Waals surface area contributed by atoms with E-state index in [-0.39, 0.29) is 53.1 Å². The monoisotopic (exact) mass is 972 g/mol. The summed E-state index contributed by atoms with van der Waals surface area (Å²) >= 11 is 0. The summed E-state index contributed by atoms with van der Waals surface area (Å²) in [7, 11) is 1.70.